The van der Waals surface area contributed by atoms with Crippen LogP contribution in [0.1, 0.15) is 55.6 Å². The van der Waals surface area contributed by atoms with Crippen LogP contribution in [0.2, 0.25) is 0 Å². The van der Waals surface area contributed by atoms with Crippen LogP contribution in [0, 0.1) is 29.6 Å². The van der Waals surface area contributed by atoms with Crippen LogP contribution in [0.3, 0.4) is 0 Å². The van der Waals surface area contributed by atoms with E-state index in [-0.39, 0.29) is 29.1 Å². The predicted octanol–water partition coefficient (Wildman–Crippen LogP) is 3.86. The monoisotopic (exact) mass is 360 g/mol. The number of hydrogen-bond acceptors (Lipinski definition) is 4. The summed E-state index contributed by atoms with van der Waals surface area (Å²) in [6.07, 6.45) is 6.12. The van der Waals surface area contributed by atoms with Crippen molar-refractivity contribution in [3.05, 3.63) is 58.3 Å². The van der Waals surface area contributed by atoms with Crippen LogP contribution in [-0.4, -0.2) is 11.6 Å². The van der Waals surface area contributed by atoms with E-state index in [0.29, 0.717) is 24.8 Å². The lowest BCUT2D eigenvalue weighted by molar-refractivity contribution is -0.144. The van der Waals surface area contributed by atoms with Crippen molar-refractivity contribution in [2.75, 3.05) is 0 Å². The molecule has 0 aromatic heterocycles. The number of rotatable bonds is 1. The molecule has 138 valence electrons. The summed E-state index contributed by atoms with van der Waals surface area (Å²) in [4.78, 5) is 26.6. The molecule has 2 N–H and O–H groups in total. The van der Waals surface area contributed by atoms with Gasteiger partial charge in [-0.15, -0.1) is 0 Å². The van der Waals surface area contributed by atoms with Gasteiger partial charge in [0.2, 0.25) is 0 Å². The van der Waals surface area contributed by atoms with Crippen LogP contribution in [0.15, 0.2) is 47.2 Å². The van der Waals surface area contributed by atoms with E-state index >= 15 is 0 Å². The van der Waals surface area contributed by atoms with Crippen molar-refractivity contribution in [3.63, 3.8) is 0 Å². The van der Waals surface area contributed by atoms with Gasteiger partial charge in [-0.05, 0) is 49.7 Å². The Labute approximate surface area is 159 Å². The lowest BCUT2D eigenvalue weighted by Crippen LogP contribution is -2.55. The summed E-state index contributed by atoms with van der Waals surface area (Å²) in [6, 6.07) is 10.3. The number of allylic oxidation sites excluding steroid dienone is 4. The predicted molar refractivity (Wildman–Crippen MR) is 102 cm³/mol. The normalized spacial score (nSPS) is 27.2. The molecule has 3 aliphatic rings. The van der Waals surface area contributed by atoms with Crippen LogP contribution >= 0.6 is 0 Å². The molecule has 0 radical (unpaired) electrons. The molecule has 1 aromatic carbocycles. The molecule has 4 rings (SSSR count). The average molecular weight is 360 g/mol. The quantitative estimate of drug-likeness (QED) is 0.771. The minimum absolute atomic E-state index is 0.0191. The fourth-order valence-electron chi connectivity index (χ4n) is 5.35. The van der Waals surface area contributed by atoms with Crippen molar-refractivity contribution in [1.29, 1.82) is 5.26 Å². The van der Waals surface area contributed by atoms with Gasteiger partial charge in [-0.3, -0.25) is 9.59 Å². The van der Waals surface area contributed by atoms with Crippen molar-refractivity contribution in [2.24, 2.45) is 17.1 Å². The Hall–Kier alpha value is -2.67. The molecule has 0 saturated heterocycles. The van der Waals surface area contributed by atoms with Gasteiger partial charge in [0.05, 0.1) is 5.57 Å². The summed E-state index contributed by atoms with van der Waals surface area (Å²) >= 11 is 0. The minimum Gasteiger partial charge on any atom is -0.400 e. The molecule has 4 nitrogen and oxygen atoms in total. The fraction of sp³-hybridized carbons (Fsp3) is 0.435. The summed E-state index contributed by atoms with van der Waals surface area (Å²) in [6.45, 7) is 2.02. The van der Waals surface area contributed by atoms with E-state index in [0.717, 1.165) is 36.0 Å². The molecule has 27 heavy (non-hydrogen) atoms. The zero-order valence-corrected chi connectivity index (χ0v) is 15.6. The fourth-order valence-corrected chi connectivity index (χ4v) is 5.35. The molecule has 0 amide bonds. The molecule has 3 aliphatic carbocycles. The van der Waals surface area contributed by atoms with E-state index in [1.807, 2.05) is 31.2 Å². The van der Waals surface area contributed by atoms with E-state index in [4.69, 9.17) is 5.73 Å². The van der Waals surface area contributed by atoms with Gasteiger partial charge in [-0.2, -0.15) is 5.26 Å². The highest BCUT2D eigenvalue weighted by atomic mass is 16.2. The van der Waals surface area contributed by atoms with Gasteiger partial charge in [-0.1, -0.05) is 35.9 Å². The summed E-state index contributed by atoms with van der Waals surface area (Å²) in [7, 11) is 0. The first-order valence-electron chi connectivity index (χ1n) is 9.75. The lowest BCUT2D eigenvalue weighted by Gasteiger charge is -2.49. The van der Waals surface area contributed by atoms with Crippen molar-refractivity contribution in [1.82, 2.24) is 0 Å². The van der Waals surface area contributed by atoms with E-state index < -0.39 is 5.41 Å². The Morgan fingerprint density at radius 1 is 1.11 bits per heavy atom. The number of nitriles is 1. The Morgan fingerprint density at radius 2 is 1.78 bits per heavy atom. The van der Waals surface area contributed by atoms with Crippen LogP contribution in [-0.2, 0) is 9.59 Å². The number of benzene rings is 1. The van der Waals surface area contributed by atoms with Gasteiger partial charge in [0, 0.05) is 24.5 Å². The number of Topliss-reactive ketones (excluding diaryl/α,β-unsaturated/α-hetero) is 2. The van der Waals surface area contributed by atoms with E-state index in [9.17, 15) is 14.9 Å². The van der Waals surface area contributed by atoms with E-state index in [1.165, 1.54) is 0 Å². The largest absolute Gasteiger partial charge is 0.400 e. The molecule has 0 bridgehead atoms. The summed E-state index contributed by atoms with van der Waals surface area (Å²) in [5, 5.41) is 9.83. The molecule has 1 saturated carbocycles. The third-order valence-corrected chi connectivity index (χ3v) is 6.57. The van der Waals surface area contributed by atoms with Gasteiger partial charge in [0.15, 0.2) is 11.6 Å². The standard InChI is InChI=1S/C23H24N2O2/c1-14-9-11-15(12-10-14)21-17-6-3-2-5-16(17)18(13-24)22(25)23(21)19(26)7-4-8-20(23)27/h5,9-12,17,21H,2-4,6-8,25H2,1H3/t17-,21+/m1/s1. The first kappa shape index (κ1) is 17.7. The molecule has 0 unspecified atom stereocenters. The highest BCUT2D eigenvalue weighted by Crippen LogP contribution is 2.58. The molecule has 2 atom stereocenters. The maximum absolute atomic E-state index is 13.3. The Kier molecular flexibility index (Phi) is 4.26. The highest BCUT2D eigenvalue weighted by Gasteiger charge is 2.61. The molecular weight excluding hydrogens is 336 g/mol. The zero-order valence-electron chi connectivity index (χ0n) is 15.6. The van der Waals surface area contributed by atoms with Gasteiger partial charge in [0.1, 0.15) is 11.5 Å². The summed E-state index contributed by atoms with van der Waals surface area (Å²) in [5.74, 6) is -0.560. The van der Waals surface area contributed by atoms with Crippen LogP contribution in [0.5, 0.6) is 0 Å². The first-order valence-corrected chi connectivity index (χ1v) is 9.75. The molecule has 1 spiro atoms. The third-order valence-electron chi connectivity index (χ3n) is 6.57. The SMILES string of the molecule is Cc1ccc([C@H]2[C@@H]3CCCC=C3C(C#N)=C(N)C23C(=O)CCCC3=O)cc1. The summed E-state index contributed by atoms with van der Waals surface area (Å²) < 4.78 is 0. The highest BCUT2D eigenvalue weighted by molar-refractivity contribution is 6.13. The molecule has 0 aliphatic heterocycles. The first-order chi connectivity index (χ1) is 13.0. The summed E-state index contributed by atoms with van der Waals surface area (Å²) in [5.41, 5.74) is 8.74. The Bertz CT molecular complexity index is 899. The second kappa shape index (κ2) is 6.49. The van der Waals surface area contributed by atoms with Gasteiger partial charge >= 0.3 is 0 Å². The maximum Gasteiger partial charge on any atom is 0.153 e. The second-order valence-electron chi connectivity index (χ2n) is 7.99. The average Bonchev–Trinajstić information content (AvgIpc) is 2.67. The molecular formula is C23H24N2O2. The number of ketones is 2. The number of hydrogen-bond donors (Lipinski definition) is 1. The van der Waals surface area contributed by atoms with Crippen LogP contribution in [0.25, 0.3) is 0 Å². The van der Waals surface area contributed by atoms with Crippen molar-refractivity contribution in [2.45, 2.75) is 51.4 Å². The second-order valence-corrected chi connectivity index (χ2v) is 7.99. The number of fused-ring (bicyclic) bond motifs is 1. The van der Waals surface area contributed by atoms with E-state index in [1.54, 1.807) is 0 Å². The van der Waals surface area contributed by atoms with Gasteiger partial charge < -0.3 is 5.73 Å². The number of aryl methyl sites for hydroxylation is 1. The topological polar surface area (TPSA) is 83.9 Å². The third kappa shape index (κ3) is 2.41. The molecule has 0 heterocycles. The van der Waals surface area contributed by atoms with Gasteiger partial charge in [0.25, 0.3) is 0 Å². The molecule has 4 heteroatoms. The number of nitrogens with two attached hydrogens (primary N) is 1. The number of nitrogens with zero attached hydrogens (tertiary/aromatic N) is 1. The molecule has 1 fully saturated rings. The van der Waals surface area contributed by atoms with Gasteiger partial charge in [-0.25, -0.2) is 0 Å². The number of carbonyl (C=O) groups is 2. The number of carbonyl (C=O) groups excluding carboxylic acids is 2. The smallest absolute Gasteiger partial charge is 0.153 e. The van der Waals surface area contributed by atoms with E-state index in [2.05, 4.69) is 12.1 Å². The van der Waals surface area contributed by atoms with Crippen molar-refractivity contribution < 1.29 is 9.59 Å². The Balaban J connectivity index is 2.05. The lowest BCUT2D eigenvalue weighted by atomic mass is 9.51. The Morgan fingerprint density at radius 3 is 2.41 bits per heavy atom. The van der Waals surface area contributed by atoms with Crippen molar-refractivity contribution >= 4 is 11.6 Å². The zero-order chi connectivity index (χ0) is 19.2. The van der Waals surface area contributed by atoms with Crippen LogP contribution in [0.4, 0.5) is 0 Å². The molecule has 1 aromatic rings. The van der Waals surface area contributed by atoms with Crippen LogP contribution < -0.4 is 5.73 Å². The van der Waals surface area contributed by atoms with Crippen molar-refractivity contribution in [3.8, 4) is 6.07 Å². The minimum atomic E-state index is -1.38. The maximum atomic E-state index is 13.3.